The van der Waals surface area contributed by atoms with Crippen LogP contribution in [0.5, 0.6) is 0 Å². The molecule has 0 saturated carbocycles. The fraction of sp³-hybridized carbons (Fsp3) is 0.0682. The zero-order valence-electron chi connectivity index (χ0n) is 26.7. The molecule has 1 aliphatic rings. The highest BCUT2D eigenvalue weighted by atomic mass is 32.2. The van der Waals surface area contributed by atoms with Crippen LogP contribution in [0.25, 0.3) is 56.2 Å². The van der Waals surface area contributed by atoms with E-state index in [0.717, 1.165) is 50.3 Å². The van der Waals surface area contributed by atoms with Gasteiger partial charge in [-0.15, -0.1) is 0 Å². The summed E-state index contributed by atoms with van der Waals surface area (Å²) in [6.07, 6.45) is 0. The van der Waals surface area contributed by atoms with Crippen molar-refractivity contribution < 1.29 is 0 Å². The Hall–Kier alpha value is -5.76. The van der Waals surface area contributed by atoms with E-state index in [0.29, 0.717) is 11.4 Å². The van der Waals surface area contributed by atoms with E-state index in [1.54, 1.807) is 11.8 Å². The fourth-order valence-corrected chi connectivity index (χ4v) is 7.97. The van der Waals surface area contributed by atoms with Crippen molar-refractivity contribution >= 4 is 11.8 Å². The van der Waals surface area contributed by atoms with Gasteiger partial charge in [0.2, 0.25) is 0 Å². The van der Waals surface area contributed by atoms with Crippen LogP contribution in [0, 0.1) is 11.3 Å². The van der Waals surface area contributed by atoms with Crippen molar-refractivity contribution in [3.8, 4) is 62.2 Å². The number of nitrogens with zero attached hydrogens (tertiary/aromatic N) is 3. The van der Waals surface area contributed by atoms with Crippen molar-refractivity contribution in [1.82, 2.24) is 9.97 Å². The van der Waals surface area contributed by atoms with Crippen LogP contribution in [0.2, 0.25) is 0 Å². The van der Waals surface area contributed by atoms with E-state index in [1.165, 1.54) is 20.9 Å². The minimum absolute atomic E-state index is 0.241. The Morgan fingerprint density at radius 3 is 1.83 bits per heavy atom. The van der Waals surface area contributed by atoms with Crippen LogP contribution in [-0.2, 0) is 5.41 Å². The van der Waals surface area contributed by atoms with Crippen molar-refractivity contribution in [2.45, 2.75) is 29.1 Å². The molecule has 0 fully saturated rings. The quantitative estimate of drug-likeness (QED) is 0.189. The average molecular weight is 634 g/mol. The molecule has 1 aromatic heterocycles. The molecule has 2 heterocycles. The Bertz CT molecular complexity index is 2350. The Morgan fingerprint density at radius 1 is 0.500 bits per heavy atom. The van der Waals surface area contributed by atoms with Gasteiger partial charge in [-0.05, 0) is 75.8 Å². The average Bonchev–Trinajstić information content (AvgIpc) is 3.15. The molecule has 0 bridgehead atoms. The minimum Gasteiger partial charge on any atom is -0.228 e. The summed E-state index contributed by atoms with van der Waals surface area (Å²) < 4.78 is 0. The molecular formula is C44H31N3S. The highest BCUT2D eigenvalue weighted by molar-refractivity contribution is 7.99. The van der Waals surface area contributed by atoms with E-state index in [4.69, 9.17) is 9.97 Å². The van der Waals surface area contributed by atoms with Crippen LogP contribution in [-0.4, -0.2) is 9.97 Å². The van der Waals surface area contributed by atoms with Gasteiger partial charge in [0.25, 0.3) is 0 Å². The summed E-state index contributed by atoms with van der Waals surface area (Å²) in [6.45, 7) is 4.51. The van der Waals surface area contributed by atoms with Gasteiger partial charge in [0.1, 0.15) is 0 Å². The number of aromatic nitrogens is 2. The van der Waals surface area contributed by atoms with Crippen molar-refractivity contribution in [3.63, 3.8) is 0 Å². The third kappa shape index (κ3) is 5.39. The second kappa shape index (κ2) is 12.1. The first-order chi connectivity index (χ1) is 23.5. The molecule has 4 heteroatoms. The summed E-state index contributed by atoms with van der Waals surface area (Å²) >= 11 is 1.78. The number of hydrogen-bond donors (Lipinski definition) is 0. The minimum atomic E-state index is -0.241. The molecule has 0 saturated heterocycles. The predicted octanol–water partition coefficient (Wildman–Crippen LogP) is 11.5. The molecule has 0 aliphatic carbocycles. The smallest absolute Gasteiger partial charge is 0.160 e. The van der Waals surface area contributed by atoms with Crippen LogP contribution in [0.4, 0.5) is 0 Å². The summed E-state index contributed by atoms with van der Waals surface area (Å²) in [5.74, 6) is 0.694. The topological polar surface area (TPSA) is 49.6 Å². The zero-order valence-corrected chi connectivity index (χ0v) is 27.5. The van der Waals surface area contributed by atoms with Crippen LogP contribution in [0.1, 0.15) is 30.5 Å². The third-order valence-electron chi connectivity index (χ3n) is 9.19. The van der Waals surface area contributed by atoms with Crippen LogP contribution < -0.4 is 0 Å². The predicted molar refractivity (Wildman–Crippen MR) is 197 cm³/mol. The molecule has 7 aromatic rings. The second-order valence-electron chi connectivity index (χ2n) is 12.6. The van der Waals surface area contributed by atoms with Gasteiger partial charge in [0, 0.05) is 31.9 Å². The van der Waals surface area contributed by atoms with E-state index in [9.17, 15) is 5.26 Å². The first-order valence-corrected chi connectivity index (χ1v) is 16.9. The molecule has 0 atom stereocenters. The van der Waals surface area contributed by atoms with E-state index < -0.39 is 0 Å². The van der Waals surface area contributed by atoms with Crippen molar-refractivity contribution in [1.29, 1.82) is 5.26 Å². The number of benzene rings is 6. The standard InChI is InChI=1S/C44H31N3S/c1-44(2)37-24-29(28-45)20-22-41(37)48-42-23-21-33(26-38(42)44)32-16-11-17-34(25-32)39-27-40(47-43(46-39)31-14-7-4-8-15-31)36-19-10-9-18-35(36)30-12-5-3-6-13-30/h3-27H,1-2H3. The SMILES string of the molecule is CC1(C)c2cc(C#N)ccc2Sc2ccc(-c3cccc(-c4cc(-c5ccccc5-c5ccccc5)nc(-c5ccccc5)n4)c3)cc21. The van der Waals surface area contributed by atoms with Gasteiger partial charge in [0.05, 0.1) is 23.0 Å². The van der Waals surface area contributed by atoms with Gasteiger partial charge in [0.15, 0.2) is 5.82 Å². The zero-order chi connectivity index (χ0) is 32.7. The van der Waals surface area contributed by atoms with Crippen molar-refractivity contribution in [2.24, 2.45) is 0 Å². The molecule has 0 radical (unpaired) electrons. The lowest BCUT2D eigenvalue weighted by molar-refractivity contribution is 0.607. The van der Waals surface area contributed by atoms with Gasteiger partial charge in [-0.2, -0.15) is 5.26 Å². The van der Waals surface area contributed by atoms with E-state index >= 15 is 0 Å². The first kappa shape index (κ1) is 29.6. The van der Waals surface area contributed by atoms with E-state index in [-0.39, 0.29) is 5.41 Å². The number of hydrogen-bond acceptors (Lipinski definition) is 4. The van der Waals surface area contributed by atoms with Gasteiger partial charge in [-0.3, -0.25) is 0 Å². The van der Waals surface area contributed by atoms with Crippen molar-refractivity contribution in [3.05, 3.63) is 168 Å². The van der Waals surface area contributed by atoms with Crippen molar-refractivity contribution in [2.75, 3.05) is 0 Å². The maximum absolute atomic E-state index is 9.58. The van der Waals surface area contributed by atoms with E-state index in [2.05, 4.69) is 135 Å². The van der Waals surface area contributed by atoms with Crippen LogP contribution in [0.15, 0.2) is 161 Å². The Balaban J connectivity index is 1.24. The summed E-state index contributed by atoms with van der Waals surface area (Å²) in [6, 6.07) is 55.0. The highest BCUT2D eigenvalue weighted by Crippen LogP contribution is 2.50. The summed E-state index contributed by atoms with van der Waals surface area (Å²) in [5.41, 5.74) is 12.3. The Morgan fingerprint density at radius 2 is 1.08 bits per heavy atom. The largest absolute Gasteiger partial charge is 0.228 e. The molecule has 6 aromatic carbocycles. The normalized spacial score (nSPS) is 12.9. The van der Waals surface area contributed by atoms with Gasteiger partial charge >= 0.3 is 0 Å². The maximum Gasteiger partial charge on any atom is 0.160 e. The summed E-state index contributed by atoms with van der Waals surface area (Å²) in [5, 5.41) is 9.58. The number of nitriles is 1. The fourth-order valence-electron chi connectivity index (χ4n) is 6.61. The number of rotatable bonds is 5. The second-order valence-corrected chi connectivity index (χ2v) is 13.7. The van der Waals surface area contributed by atoms with Crippen LogP contribution >= 0.6 is 11.8 Å². The van der Waals surface area contributed by atoms with E-state index in [1.807, 2.05) is 36.4 Å². The molecule has 0 N–H and O–H groups in total. The summed E-state index contributed by atoms with van der Waals surface area (Å²) in [4.78, 5) is 12.7. The first-order valence-electron chi connectivity index (χ1n) is 16.0. The van der Waals surface area contributed by atoms with Gasteiger partial charge in [-0.25, -0.2) is 9.97 Å². The molecule has 8 rings (SSSR count). The molecule has 3 nitrogen and oxygen atoms in total. The molecular weight excluding hydrogens is 603 g/mol. The van der Waals surface area contributed by atoms with Gasteiger partial charge < -0.3 is 0 Å². The monoisotopic (exact) mass is 633 g/mol. The maximum atomic E-state index is 9.58. The molecule has 0 unspecified atom stereocenters. The van der Waals surface area contributed by atoms with Gasteiger partial charge in [-0.1, -0.05) is 135 Å². The number of fused-ring (bicyclic) bond motifs is 2. The molecule has 0 spiro atoms. The highest BCUT2D eigenvalue weighted by Gasteiger charge is 2.33. The molecule has 228 valence electrons. The Labute approximate surface area is 285 Å². The Kier molecular flexibility index (Phi) is 7.48. The molecule has 1 aliphatic heterocycles. The molecule has 0 amide bonds. The lowest BCUT2D eigenvalue weighted by Gasteiger charge is -2.35. The summed E-state index contributed by atoms with van der Waals surface area (Å²) in [7, 11) is 0. The lowest BCUT2D eigenvalue weighted by Crippen LogP contribution is -2.24. The third-order valence-corrected chi connectivity index (χ3v) is 10.3. The molecule has 48 heavy (non-hydrogen) atoms. The van der Waals surface area contributed by atoms with Crippen LogP contribution in [0.3, 0.4) is 0 Å². The lowest BCUT2D eigenvalue weighted by atomic mass is 9.76.